The largest absolute Gasteiger partial charge is 0.480 e. The zero-order valence-electron chi connectivity index (χ0n) is 10.1. The first kappa shape index (κ1) is 15.8. The number of amides is 3. The number of carbonyl (C=O) groups excluding carboxylic acids is 2. The Morgan fingerprint density at radius 2 is 2.00 bits per heavy atom. The van der Waals surface area contributed by atoms with E-state index in [2.05, 4.69) is 16.6 Å². The van der Waals surface area contributed by atoms with Crippen LogP contribution < -0.4 is 16.4 Å². The first-order valence-corrected chi connectivity index (χ1v) is 5.45. The third kappa shape index (κ3) is 6.37. The lowest BCUT2D eigenvalue weighted by molar-refractivity contribution is -0.140. The number of nitrogens with two attached hydrogens (primary N) is 1. The Labute approximate surface area is 105 Å². The molecule has 100 valence electrons. The molecule has 0 aliphatic rings. The highest BCUT2D eigenvalue weighted by Gasteiger charge is 2.22. The van der Waals surface area contributed by atoms with Crippen molar-refractivity contribution in [1.29, 1.82) is 0 Å². The molecule has 0 saturated heterocycles. The maximum Gasteiger partial charge on any atom is 0.326 e. The molecule has 0 spiro atoms. The van der Waals surface area contributed by atoms with Crippen molar-refractivity contribution in [3.63, 3.8) is 0 Å². The van der Waals surface area contributed by atoms with Gasteiger partial charge < -0.3 is 21.5 Å². The summed E-state index contributed by atoms with van der Waals surface area (Å²) in [6.07, 6.45) is 6.08. The van der Waals surface area contributed by atoms with Gasteiger partial charge in [0.1, 0.15) is 6.04 Å². The van der Waals surface area contributed by atoms with Gasteiger partial charge in [-0.3, -0.25) is 4.79 Å². The fraction of sp³-hybridized carbons (Fsp3) is 0.545. The van der Waals surface area contributed by atoms with Crippen LogP contribution in [0.3, 0.4) is 0 Å². The average molecular weight is 255 g/mol. The summed E-state index contributed by atoms with van der Waals surface area (Å²) in [7, 11) is 0. The fourth-order valence-electron chi connectivity index (χ4n) is 1.25. The highest BCUT2D eigenvalue weighted by molar-refractivity contribution is 5.87. The van der Waals surface area contributed by atoms with Gasteiger partial charge in [-0.05, 0) is 6.42 Å². The first-order valence-electron chi connectivity index (χ1n) is 5.45. The maximum absolute atomic E-state index is 11.5. The smallest absolute Gasteiger partial charge is 0.326 e. The minimum absolute atomic E-state index is 0.474. The van der Waals surface area contributed by atoms with E-state index >= 15 is 0 Å². The second-order valence-electron chi connectivity index (χ2n) is 3.69. The molecule has 7 nitrogen and oxygen atoms in total. The van der Waals surface area contributed by atoms with Crippen molar-refractivity contribution >= 4 is 17.9 Å². The molecule has 0 aromatic rings. The number of aliphatic carboxylic acids is 1. The van der Waals surface area contributed by atoms with E-state index in [-0.39, 0.29) is 0 Å². The van der Waals surface area contributed by atoms with Crippen molar-refractivity contribution in [3.8, 4) is 12.3 Å². The fourth-order valence-corrected chi connectivity index (χ4v) is 1.25. The van der Waals surface area contributed by atoms with E-state index in [9.17, 15) is 14.4 Å². The molecule has 0 bridgehead atoms. The topological polar surface area (TPSA) is 122 Å². The highest BCUT2D eigenvalue weighted by atomic mass is 16.4. The number of terminal acetylenes is 1. The Morgan fingerprint density at radius 3 is 2.39 bits per heavy atom. The van der Waals surface area contributed by atoms with Crippen LogP contribution in [0.15, 0.2) is 0 Å². The molecule has 7 heteroatoms. The van der Waals surface area contributed by atoms with Crippen LogP contribution in [-0.4, -0.2) is 35.1 Å². The Hall–Kier alpha value is -2.23. The third-order valence-corrected chi connectivity index (χ3v) is 2.09. The minimum atomic E-state index is -1.36. The summed E-state index contributed by atoms with van der Waals surface area (Å²) >= 11 is 0. The van der Waals surface area contributed by atoms with E-state index in [1.165, 1.54) is 0 Å². The summed E-state index contributed by atoms with van der Waals surface area (Å²) in [5, 5.41) is 13.3. The Kier molecular flexibility index (Phi) is 6.96. The van der Waals surface area contributed by atoms with Gasteiger partial charge in [-0.15, -0.1) is 6.42 Å². The van der Waals surface area contributed by atoms with Gasteiger partial charge in [0.2, 0.25) is 5.91 Å². The van der Waals surface area contributed by atoms with Crippen LogP contribution in [0.25, 0.3) is 0 Å². The summed E-state index contributed by atoms with van der Waals surface area (Å²) in [5.41, 5.74) is 4.88. The summed E-state index contributed by atoms with van der Waals surface area (Å²) in [5.74, 6) is 0.215. The quantitative estimate of drug-likeness (QED) is 0.454. The molecule has 0 radical (unpaired) electrons. The Bertz CT molecular complexity index is 362. The van der Waals surface area contributed by atoms with E-state index in [0.29, 0.717) is 6.42 Å². The van der Waals surface area contributed by atoms with Gasteiger partial charge in [0.25, 0.3) is 0 Å². The maximum atomic E-state index is 11.5. The van der Waals surface area contributed by atoms with Gasteiger partial charge >= 0.3 is 12.0 Å². The van der Waals surface area contributed by atoms with Gasteiger partial charge in [0.15, 0.2) is 0 Å². The normalized spacial score (nSPS) is 12.9. The van der Waals surface area contributed by atoms with Gasteiger partial charge in [-0.2, -0.15) is 0 Å². The van der Waals surface area contributed by atoms with E-state index in [1.54, 1.807) is 0 Å². The minimum Gasteiger partial charge on any atom is -0.480 e. The zero-order valence-corrected chi connectivity index (χ0v) is 10.1. The number of carboxylic acids is 1. The Balaban J connectivity index is 4.38. The summed E-state index contributed by atoms with van der Waals surface area (Å²) in [4.78, 5) is 32.8. The van der Waals surface area contributed by atoms with Crippen molar-refractivity contribution in [2.24, 2.45) is 5.73 Å². The summed E-state index contributed by atoms with van der Waals surface area (Å²) in [6, 6.07) is -2.57. The van der Waals surface area contributed by atoms with E-state index in [4.69, 9.17) is 17.3 Å². The van der Waals surface area contributed by atoms with Crippen molar-refractivity contribution in [2.45, 2.75) is 38.3 Å². The Morgan fingerprint density at radius 1 is 1.39 bits per heavy atom. The lowest BCUT2D eigenvalue weighted by Crippen LogP contribution is -2.49. The molecule has 0 fully saturated rings. The number of rotatable bonds is 7. The molecule has 0 aromatic heterocycles. The van der Waals surface area contributed by atoms with Crippen LogP contribution in [0.4, 0.5) is 4.79 Å². The molecule has 5 N–H and O–H groups in total. The molecule has 1 unspecified atom stereocenters. The number of hydrogen-bond acceptors (Lipinski definition) is 3. The molecule has 3 amide bonds. The summed E-state index contributed by atoms with van der Waals surface area (Å²) < 4.78 is 0. The van der Waals surface area contributed by atoms with E-state index < -0.39 is 36.4 Å². The molecule has 0 rings (SSSR count). The molecule has 0 aromatic carbocycles. The van der Waals surface area contributed by atoms with Crippen LogP contribution in [0.2, 0.25) is 0 Å². The van der Waals surface area contributed by atoms with Gasteiger partial charge in [0.05, 0.1) is 12.5 Å². The molecule has 0 heterocycles. The molecular formula is C11H17N3O4. The number of carboxylic acid groups (broad SMARTS) is 1. The van der Waals surface area contributed by atoms with Crippen LogP contribution in [0.1, 0.15) is 26.2 Å². The number of primary amides is 1. The van der Waals surface area contributed by atoms with Crippen molar-refractivity contribution < 1.29 is 19.5 Å². The second kappa shape index (κ2) is 7.95. The predicted molar refractivity (Wildman–Crippen MR) is 64.4 cm³/mol. The summed E-state index contributed by atoms with van der Waals surface area (Å²) in [6.45, 7) is 1.90. The molecular weight excluding hydrogens is 238 g/mol. The third-order valence-electron chi connectivity index (χ3n) is 2.09. The van der Waals surface area contributed by atoms with Gasteiger partial charge in [-0.1, -0.05) is 19.3 Å². The molecule has 18 heavy (non-hydrogen) atoms. The second-order valence-corrected chi connectivity index (χ2v) is 3.69. The molecule has 0 aliphatic carbocycles. The number of nitrogens with one attached hydrogen (secondary N) is 2. The van der Waals surface area contributed by atoms with Crippen molar-refractivity contribution in [3.05, 3.63) is 0 Å². The predicted octanol–water partition coefficient (Wildman–Crippen LogP) is -0.584. The lowest BCUT2D eigenvalue weighted by atomic mass is 10.2. The highest BCUT2D eigenvalue weighted by Crippen LogP contribution is 1.96. The van der Waals surface area contributed by atoms with Crippen LogP contribution >= 0.6 is 0 Å². The van der Waals surface area contributed by atoms with Crippen molar-refractivity contribution in [2.75, 3.05) is 0 Å². The zero-order chi connectivity index (χ0) is 14.1. The van der Waals surface area contributed by atoms with Crippen LogP contribution in [-0.2, 0) is 9.59 Å². The van der Waals surface area contributed by atoms with E-state index in [1.807, 2.05) is 6.92 Å². The van der Waals surface area contributed by atoms with Crippen molar-refractivity contribution in [1.82, 2.24) is 10.6 Å². The first-order chi connectivity index (χ1) is 8.40. The number of hydrogen-bond donors (Lipinski definition) is 4. The van der Waals surface area contributed by atoms with Gasteiger partial charge in [-0.25, -0.2) is 9.59 Å². The number of urea groups is 1. The molecule has 0 saturated carbocycles. The van der Waals surface area contributed by atoms with E-state index in [0.717, 1.165) is 6.42 Å². The molecule has 0 aliphatic heterocycles. The van der Waals surface area contributed by atoms with Crippen LogP contribution in [0, 0.1) is 12.3 Å². The monoisotopic (exact) mass is 255 g/mol. The van der Waals surface area contributed by atoms with Crippen LogP contribution in [0.5, 0.6) is 0 Å². The van der Waals surface area contributed by atoms with Gasteiger partial charge in [0, 0.05) is 0 Å². The SMILES string of the molecule is C#CC(CCC)NC(=O)N[C@H](CC(N)=O)C(=O)O. The standard InChI is InChI=1S/C11H17N3O4/c1-3-5-7(4-2)13-11(18)14-8(10(16)17)6-9(12)15/h2,7-8H,3,5-6H2,1H3,(H2,12,15)(H,16,17)(H2,13,14,18)/t7?,8-/m1/s1. The lowest BCUT2D eigenvalue weighted by Gasteiger charge is -2.16. The molecule has 2 atom stereocenters. The number of carbonyl (C=O) groups is 3. The average Bonchev–Trinajstić information content (AvgIpc) is 2.26.